The Morgan fingerprint density at radius 3 is 2.39 bits per heavy atom. The maximum absolute atomic E-state index is 10.7. The van der Waals surface area contributed by atoms with Crippen molar-refractivity contribution in [1.82, 2.24) is 40.4 Å². The molecule has 0 aliphatic carbocycles. The number of ether oxygens (including phenoxy) is 2. The van der Waals surface area contributed by atoms with Crippen LogP contribution in [0.5, 0.6) is 11.8 Å². The van der Waals surface area contributed by atoms with Crippen LogP contribution in [0.1, 0.15) is 39.1 Å². The van der Waals surface area contributed by atoms with Crippen molar-refractivity contribution in [1.29, 1.82) is 0 Å². The van der Waals surface area contributed by atoms with Gasteiger partial charge in [0.25, 0.3) is 11.8 Å². The fourth-order valence-electron chi connectivity index (χ4n) is 4.31. The third kappa shape index (κ3) is 5.18. The molecule has 1 unspecified atom stereocenters. The topological polar surface area (TPSA) is 137 Å². The Bertz CT molecular complexity index is 1540. The van der Waals surface area contributed by atoms with Crippen molar-refractivity contribution < 1.29 is 14.6 Å². The molecule has 2 aromatic carbocycles. The van der Waals surface area contributed by atoms with Gasteiger partial charge in [0.2, 0.25) is 0 Å². The fourth-order valence-corrected chi connectivity index (χ4v) is 4.31. The second-order valence-electron chi connectivity index (χ2n) is 10.3. The number of imidazole rings is 1. The first-order valence-electron chi connectivity index (χ1n) is 12.3. The number of benzene rings is 2. The summed E-state index contributed by atoms with van der Waals surface area (Å²) < 4.78 is 13.0. The van der Waals surface area contributed by atoms with E-state index < -0.39 is 6.29 Å². The second kappa shape index (κ2) is 10.2. The van der Waals surface area contributed by atoms with Gasteiger partial charge in [-0.15, -0.1) is 15.3 Å². The molecule has 5 rings (SSSR count). The molecule has 3 aromatic heterocycles. The summed E-state index contributed by atoms with van der Waals surface area (Å²) >= 11 is 0. The number of H-pyrrole nitrogens is 1. The molecule has 1 atom stereocenters. The van der Waals surface area contributed by atoms with Crippen molar-refractivity contribution in [2.75, 3.05) is 7.11 Å². The van der Waals surface area contributed by atoms with Crippen molar-refractivity contribution >= 4 is 11.0 Å². The van der Waals surface area contributed by atoms with Gasteiger partial charge in [-0.3, -0.25) is 0 Å². The number of rotatable bonds is 8. The van der Waals surface area contributed by atoms with Gasteiger partial charge in [0, 0.05) is 25.6 Å². The summed E-state index contributed by atoms with van der Waals surface area (Å²) in [5.41, 5.74) is 4.88. The minimum Gasteiger partial charge on any atom is -0.491 e. The third-order valence-electron chi connectivity index (χ3n) is 6.13. The van der Waals surface area contributed by atoms with Crippen LogP contribution in [0.3, 0.4) is 0 Å². The molecule has 0 fully saturated rings. The number of aromatic hydroxyl groups is 1. The third-order valence-corrected chi connectivity index (χ3v) is 6.13. The first kappa shape index (κ1) is 25.3. The van der Waals surface area contributed by atoms with Gasteiger partial charge in [0.15, 0.2) is 17.6 Å². The minimum atomic E-state index is -0.545. The number of aromatic amines is 1. The van der Waals surface area contributed by atoms with E-state index in [-0.39, 0.29) is 17.2 Å². The lowest BCUT2D eigenvalue weighted by Gasteiger charge is -2.19. The van der Waals surface area contributed by atoms with Gasteiger partial charge in [-0.25, -0.2) is 10.1 Å². The van der Waals surface area contributed by atoms with Crippen LogP contribution in [0.25, 0.3) is 33.5 Å². The van der Waals surface area contributed by atoms with E-state index in [0.717, 1.165) is 28.1 Å². The largest absolute Gasteiger partial charge is 0.491 e. The average Bonchev–Trinajstić information content (AvgIpc) is 3.55. The van der Waals surface area contributed by atoms with E-state index >= 15 is 0 Å². The van der Waals surface area contributed by atoms with E-state index in [4.69, 9.17) is 14.5 Å². The predicted molar refractivity (Wildman–Crippen MR) is 141 cm³/mol. The van der Waals surface area contributed by atoms with Crippen LogP contribution in [-0.4, -0.2) is 58.9 Å². The first-order chi connectivity index (χ1) is 18.2. The molecule has 196 valence electrons. The molecular formula is C27H30N8O3. The zero-order chi connectivity index (χ0) is 26.9. The lowest BCUT2D eigenvalue weighted by atomic mass is 9.92. The summed E-state index contributed by atoms with van der Waals surface area (Å²) in [5, 5.41) is 33.0. The van der Waals surface area contributed by atoms with Gasteiger partial charge >= 0.3 is 0 Å². The highest BCUT2D eigenvalue weighted by Gasteiger charge is 2.24. The van der Waals surface area contributed by atoms with E-state index in [1.807, 2.05) is 28.8 Å². The Hall–Kier alpha value is -4.38. The van der Waals surface area contributed by atoms with Gasteiger partial charge in [-0.2, -0.15) is 0 Å². The van der Waals surface area contributed by atoms with Crippen LogP contribution in [0.4, 0.5) is 0 Å². The van der Waals surface area contributed by atoms with Crippen molar-refractivity contribution in [2.24, 2.45) is 5.41 Å². The SMILES string of the molecule is COC(C)Oc1nnc(O)c2c1nc(CC(C)(C)C)n2Cc1ccc(-c2ccccc2-c2nnn[nH]2)cc1. The number of nitrogens with one attached hydrogen (secondary N) is 1. The van der Waals surface area contributed by atoms with Crippen molar-refractivity contribution in [3.05, 3.63) is 59.9 Å². The summed E-state index contributed by atoms with van der Waals surface area (Å²) in [5.74, 6) is 1.43. The van der Waals surface area contributed by atoms with Gasteiger partial charge in [0.05, 0.1) is 0 Å². The highest BCUT2D eigenvalue weighted by molar-refractivity contribution is 5.85. The highest BCUT2D eigenvalue weighted by atomic mass is 16.7. The lowest BCUT2D eigenvalue weighted by Crippen LogP contribution is -2.15. The number of methoxy groups -OCH3 is 1. The van der Waals surface area contributed by atoms with Crippen LogP contribution in [0.2, 0.25) is 0 Å². The van der Waals surface area contributed by atoms with E-state index in [2.05, 4.69) is 75.9 Å². The fraction of sp³-hybridized carbons (Fsp3) is 0.333. The summed E-state index contributed by atoms with van der Waals surface area (Å²) in [6, 6.07) is 16.2. The summed E-state index contributed by atoms with van der Waals surface area (Å²) in [6.07, 6.45) is 0.133. The zero-order valence-electron chi connectivity index (χ0n) is 22.0. The molecule has 5 aromatic rings. The lowest BCUT2D eigenvalue weighted by molar-refractivity contribution is -0.0406. The summed E-state index contributed by atoms with van der Waals surface area (Å²) in [4.78, 5) is 4.85. The standard InChI is InChI=1S/C27H30N8O3/c1-16(37-5)38-26-22-23(25(36)31-32-26)35(21(28-22)14-27(2,3)4)15-17-10-12-18(13-11-17)19-8-6-7-9-20(19)24-29-33-34-30-24/h6-13,16H,14-15H2,1-5H3,(H,31,36)(H,29,30,33,34). The molecular weight excluding hydrogens is 484 g/mol. The molecule has 0 aliphatic rings. The van der Waals surface area contributed by atoms with E-state index in [9.17, 15) is 5.11 Å². The summed E-state index contributed by atoms with van der Waals surface area (Å²) in [6.45, 7) is 8.68. The molecule has 0 spiro atoms. The monoisotopic (exact) mass is 514 g/mol. The molecule has 2 N–H and O–H groups in total. The normalized spacial score (nSPS) is 12.7. The van der Waals surface area contributed by atoms with Crippen LogP contribution < -0.4 is 4.74 Å². The van der Waals surface area contributed by atoms with Gasteiger partial charge < -0.3 is 19.1 Å². The zero-order valence-corrected chi connectivity index (χ0v) is 22.0. The second-order valence-corrected chi connectivity index (χ2v) is 10.3. The maximum Gasteiger partial charge on any atom is 0.264 e. The number of hydrogen-bond acceptors (Lipinski definition) is 9. The Kier molecular flexibility index (Phi) is 6.77. The van der Waals surface area contributed by atoms with E-state index in [1.54, 1.807) is 14.0 Å². The van der Waals surface area contributed by atoms with Crippen LogP contribution in [-0.2, 0) is 17.7 Å². The predicted octanol–water partition coefficient (Wildman–Crippen LogP) is 4.39. The number of aromatic nitrogens is 8. The number of hydrogen-bond donors (Lipinski definition) is 2. The van der Waals surface area contributed by atoms with Gasteiger partial charge in [0.1, 0.15) is 11.3 Å². The first-order valence-corrected chi connectivity index (χ1v) is 12.3. The van der Waals surface area contributed by atoms with E-state index in [0.29, 0.717) is 29.8 Å². The highest BCUT2D eigenvalue weighted by Crippen LogP contribution is 2.34. The Morgan fingerprint density at radius 2 is 1.74 bits per heavy atom. The Balaban J connectivity index is 1.53. The molecule has 0 radical (unpaired) electrons. The maximum atomic E-state index is 10.7. The van der Waals surface area contributed by atoms with Crippen LogP contribution in [0.15, 0.2) is 48.5 Å². The van der Waals surface area contributed by atoms with Gasteiger partial charge in [-0.1, -0.05) is 69.3 Å². The number of nitrogens with zero attached hydrogens (tertiary/aromatic N) is 7. The van der Waals surface area contributed by atoms with Crippen LogP contribution in [0, 0.1) is 5.41 Å². The minimum absolute atomic E-state index is 0.0421. The number of tetrazole rings is 1. The summed E-state index contributed by atoms with van der Waals surface area (Å²) in [7, 11) is 1.55. The molecule has 0 saturated heterocycles. The molecule has 0 amide bonds. The molecule has 0 bridgehead atoms. The smallest absolute Gasteiger partial charge is 0.264 e. The van der Waals surface area contributed by atoms with Crippen molar-refractivity contribution in [2.45, 2.75) is 47.0 Å². The van der Waals surface area contributed by atoms with Crippen molar-refractivity contribution in [3.8, 4) is 34.3 Å². The molecule has 0 aliphatic heterocycles. The van der Waals surface area contributed by atoms with Crippen LogP contribution >= 0.6 is 0 Å². The molecule has 0 saturated carbocycles. The average molecular weight is 515 g/mol. The van der Waals surface area contributed by atoms with Crippen molar-refractivity contribution in [3.63, 3.8) is 0 Å². The molecule has 38 heavy (non-hydrogen) atoms. The number of fused-ring (bicyclic) bond motifs is 1. The quantitative estimate of drug-likeness (QED) is 0.289. The Morgan fingerprint density at radius 1 is 1.00 bits per heavy atom. The Labute approximate surface area is 219 Å². The van der Waals surface area contributed by atoms with E-state index in [1.165, 1.54) is 0 Å². The van der Waals surface area contributed by atoms with Gasteiger partial charge in [-0.05, 0) is 39.5 Å². The molecule has 11 heteroatoms. The molecule has 3 heterocycles. The molecule has 11 nitrogen and oxygen atoms in total.